The number of ether oxygens (including phenoxy) is 4. The zero-order valence-electron chi connectivity index (χ0n) is 17.2. The molecule has 0 spiro atoms. The van der Waals surface area contributed by atoms with Crippen molar-refractivity contribution in [3.05, 3.63) is 41.1 Å². The normalized spacial score (nSPS) is 11.1. The van der Waals surface area contributed by atoms with E-state index in [2.05, 4.69) is 14.8 Å². The predicted octanol–water partition coefficient (Wildman–Crippen LogP) is 2.46. The lowest BCUT2D eigenvalue weighted by Gasteiger charge is -2.14. The first-order valence-electron chi connectivity index (χ1n) is 8.79. The van der Waals surface area contributed by atoms with Crippen molar-refractivity contribution in [2.24, 2.45) is 0 Å². The van der Waals surface area contributed by atoms with E-state index < -0.39 is 23.9 Å². The molecule has 0 unspecified atom stereocenters. The Bertz CT molecular complexity index is 770. The van der Waals surface area contributed by atoms with Gasteiger partial charge in [0, 0.05) is 5.69 Å². The van der Waals surface area contributed by atoms with Crippen LogP contribution in [0.4, 0.5) is 5.69 Å². The molecular weight excluding hydrogens is 382 g/mol. The topological polar surface area (TPSA) is 117 Å². The van der Waals surface area contributed by atoms with E-state index in [1.165, 1.54) is 18.2 Å². The number of esters is 4. The van der Waals surface area contributed by atoms with Crippen LogP contribution in [-0.2, 0) is 28.5 Å². The molecule has 0 aliphatic heterocycles. The minimum absolute atomic E-state index is 0.0571. The average Bonchev–Trinajstić information content (AvgIpc) is 2.65. The Labute approximate surface area is 169 Å². The molecule has 0 aliphatic carbocycles. The second-order valence-electron chi connectivity index (χ2n) is 6.40. The third-order valence-electron chi connectivity index (χ3n) is 3.24. The Balaban J connectivity index is 3.40. The SMILES string of the molecule is COC(=O)/C=C(/Nc1cc(C(=O)OC(C)C)cc(C(=O)OC(C)C)c1)C(=O)OC. The quantitative estimate of drug-likeness (QED) is 0.394. The first-order valence-corrected chi connectivity index (χ1v) is 8.79. The van der Waals surface area contributed by atoms with Gasteiger partial charge in [-0.3, -0.25) is 0 Å². The van der Waals surface area contributed by atoms with E-state index in [4.69, 9.17) is 9.47 Å². The van der Waals surface area contributed by atoms with Gasteiger partial charge in [0.2, 0.25) is 0 Å². The summed E-state index contributed by atoms with van der Waals surface area (Å²) in [5.41, 5.74) is 0.0275. The van der Waals surface area contributed by atoms with Crippen LogP contribution in [0.1, 0.15) is 48.4 Å². The molecule has 1 aromatic rings. The van der Waals surface area contributed by atoms with Crippen LogP contribution in [0.5, 0.6) is 0 Å². The van der Waals surface area contributed by atoms with E-state index >= 15 is 0 Å². The number of methoxy groups -OCH3 is 2. The molecular formula is C20H25NO8. The van der Waals surface area contributed by atoms with E-state index in [1.807, 2.05) is 0 Å². The second-order valence-corrected chi connectivity index (χ2v) is 6.40. The highest BCUT2D eigenvalue weighted by molar-refractivity contribution is 6.00. The molecule has 0 atom stereocenters. The molecule has 9 nitrogen and oxygen atoms in total. The van der Waals surface area contributed by atoms with E-state index in [1.54, 1.807) is 27.7 Å². The highest BCUT2D eigenvalue weighted by atomic mass is 16.5. The lowest BCUT2D eigenvalue weighted by molar-refractivity contribution is -0.138. The monoisotopic (exact) mass is 407 g/mol. The standard InChI is InChI=1S/C20H25NO8/c1-11(2)28-18(23)13-7-14(19(24)29-12(3)4)9-15(8-13)21-16(20(25)27-6)10-17(22)26-5/h7-12,21H,1-6H3/b16-10+. The van der Waals surface area contributed by atoms with Crippen LogP contribution < -0.4 is 5.32 Å². The van der Waals surface area contributed by atoms with Gasteiger partial charge in [0.25, 0.3) is 0 Å². The zero-order chi connectivity index (χ0) is 22.1. The lowest BCUT2D eigenvalue weighted by atomic mass is 10.1. The van der Waals surface area contributed by atoms with Gasteiger partial charge in [-0.15, -0.1) is 0 Å². The van der Waals surface area contributed by atoms with Crippen molar-refractivity contribution in [3.8, 4) is 0 Å². The molecule has 158 valence electrons. The minimum atomic E-state index is -0.850. The number of carbonyl (C=O) groups is 4. The molecule has 0 saturated heterocycles. The van der Waals surface area contributed by atoms with Crippen molar-refractivity contribution < 1.29 is 38.1 Å². The first kappa shape index (κ1) is 23.7. The first-order chi connectivity index (χ1) is 13.6. The van der Waals surface area contributed by atoms with Gasteiger partial charge in [-0.1, -0.05) is 0 Å². The van der Waals surface area contributed by atoms with Crippen LogP contribution in [0, 0.1) is 0 Å². The van der Waals surface area contributed by atoms with Gasteiger partial charge < -0.3 is 24.3 Å². The van der Waals surface area contributed by atoms with E-state index in [0.29, 0.717) is 0 Å². The number of hydrogen-bond acceptors (Lipinski definition) is 9. The van der Waals surface area contributed by atoms with Crippen LogP contribution in [-0.4, -0.2) is 50.3 Å². The van der Waals surface area contributed by atoms with Gasteiger partial charge in [0.15, 0.2) is 0 Å². The maximum atomic E-state index is 12.3. The van der Waals surface area contributed by atoms with Crippen LogP contribution in [0.3, 0.4) is 0 Å². The maximum absolute atomic E-state index is 12.3. The smallest absolute Gasteiger partial charge is 0.354 e. The Morgan fingerprint density at radius 3 is 1.69 bits per heavy atom. The summed E-state index contributed by atoms with van der Waals surface area (Å²) in [5.74, 6) is -2.98. The fourth-order valence-corrected chi connectivity index (χ4v) is 2.09. The van der Waals surface area contributed by atoms with Gasteiger partial charge in [-0.05, 0) is 45.9 Å². The van der Waals surface area contributed by atoms with Gasteiger partial charge in [-0.25, -0.2) is 19.2 Å². The third kappa shape index (κ3) is 7.65. The third-order valence-corrected chi connectivity index (χ3v) is 3.24. The molecule has 0 aliphatic rings. The molecule has 0 heterocycles. The number of nitrogens with one attached hydrogen (secondary N) is 1. The summed E-state index contributed by atoms with van der Waals surface area (Å²) in [6, 6.07) is 4.05. The highest BCUT2D eigenvalue weighted by Gasteiger charge is 2.19. The van der Waals surface area contributed by atoms with Gasteiger partial charge in [0.1, 0.15) is 5.70 Å². The summed E-state index contributed by atoms with van der Waals surface area (Å²) >= 11 is 0. The summed E-state index contributed by atoms with van der Waals surface area (Å²) in [5, 5.41) is 2.66. The molecule has 9 heteroatoms. The Morgan fingerprint density at radius 2 is 1.31 bits per heavy atom. The van der Waals surface area contributed by atoms with Crippen LogP contribution in [0.15, 0.2) is 30.0 Å². The summed E-state index contributed by atoms with van der Waals surface area (Å²) < 4.78 is 19.5. The van der Waals surface area contributed by atoms with Gasteiger partial charge >= 0.3 is 23.9 Å². The second kappa shape index (κ2) is 10.8. The highest BCUT2D eigenvalue weighted by Crippen LogP contribution is 2.20. The number of hydrogen-bond donors (Lipinski definition) is 1. The number of benzene rings is 1. The Hall–Kier alpha value is -3.36. The van der Waals surface area contributed by atoms with E-state index in [0.717, 1.165) is 20.3 Å². The van der Waals surface area contributed by atoms with Gasteiger partial charge in [-0.2, -0.15) is 0 Å². The largest absolute Gasteiger partial charge is 0.466 e. The van der Waals surface area contributed by atoms with Crippen molar-refractivity contribution in [3.63, 3.8) is 0 Å². The molecule has 29 heavy (non-hydrogen) atoms. The van der Waals surface area contributed by atoms with Crippen molar-refractivity contribution in [2.75, 3.05) is 19.5 Å². The number of carbonyl (C=O) groups excluding carboxylic acids is 4. The summed E-state index contributed by atoms with van der Waals surface area (Å²) in [7, 11) is 2.29. The maximum Gasteiger partial charge on any atom is 0.354 e. The van der Waals surface area contributed by atoms with Crippen molar-refractivity contribution in [1.82, 2.24) is 0 Å². The van der Waals surface area contributed by atoms with Crippen LogP contribution in [0.2, 0.25) is 0 Å². The lowest BCUT2D eigenvalue weighted by Crippen LogP contribution is -2.18. The van der Waals surface area contributed by atoms with Crippen molar-refractivity contribution in [2.45, 2.75) is 39.9 Å². The van der Waals surface area contributed by atoms with Crippen molar-refractivity contribution in [1.29, 1.82) is 0 Å². The van der Waals surface area contributed by atoms with E-state index in [9.17, 15) is 19.2 Å². The van der Waals surface area contributed by atoms with E-state index in [-0.39, 0.29) is 34.7 Å². The molecule has 0 fully saturated rings. The fourth-order valence-electron chi connectivity index (χ4n) is 2.09. The van der Waals surface area contributed by atoms with Gasteiger partial charge in [0.05, 0.1) is 43.6 Å². The van der Waals surface area contributed by atoms with Crippen LogP contribution >= 0.6 is 0 Å². The Morgan fingerprint density at radius 1 is 0.828 bits per heavy atom. The predicted molar refractivity (Wildman–Crippen MR) is 103 cm³/mol. The number of anilines is 1. The zero-order valence-corrected chi connectivity index (χ0v) is 17.2. The summed E-state index contributed by atoms with van der Waals surface area (Å²) in [4.78, 5) is 48.1. The van der Waals surface area contributed by atoms with Crippen LogP contribution in [0.25, 0.3) is 0 Å². The number of rotatable bonds is 8. The molecule has 0 aromatic heterocycles. The molecule has 0 bridgehead atoms. The molecule has 0 amide bonds. The summed E-state index contributed by atoms with van der Waals surface area (Å²) in [6.45, 7) is 6.73. The molecule has 0 saturated carbocycles. The molecule has 0 radical (unpaired) electrons. The summed E-state index contributed by atoms with van der Waals surface area (Å²) in [6.07, 6.45) is 0.127. The average molecular weight is 407 g/mol. The minimum Gasteiger partial charge on any atom is -0.466 e. The Kier molecular flexibility index (Phi) is 8.85. The fraction of sp³-hybridized carbons (Fsp3) is 0.400. The molecule has 1 rings (SSSR count). The molecule has 1 aromatic carbocycles. The molecule has 1 N–H and O–H groups in total. The van der Waals surface area contributed by atoms with Crippen molar-refractivity contribution >= 4 is 29.6 Å².